The second-order valence-electron chi connectivity index (χ2n) is 7.51. The second kappa shape index (κ2) is 8.48. The first-order valence-electron chi connectivity index (χ1n) is 9.64. The molecule has 1 aliphatic rings. The molecule has 3 aromatic rings. The lowest BCUT2D eigenvalue weighted by Gasteiger charge is -2.47. The second-order valence-corrected chi connectivity index (χ2v) is 7.92. The van der Waals surface area contributed by atoms with E-state index in [1.165, 1.54) is 19.2 Å². The fraction of sp³-hybridized carbons (Fsp3) is 0.364. The molecule has 0 amide bonds. The summed E-state index contributed by atoms with van der Waals surface area (Å²) in [6, 6.07) is 10.8. The van der Waals surface area contributed by atoms with Gasteiger partial charge in [-0.25, -0.2) is 4.39 Å². The third-order valence-electron chi connectivity index (χ3n) is 5.60. The normalized spacial score (nSPS) is 28.9. The summed E-state index contributed by atoms with van der Waals surface area (Å²) < 4.78 is 30.4. The predicted molar refractivity (Wildman–Crippen MR) is 109 cm³/mol. The van der Waals surface area contributed by atoms with Crippen LogP contribution in [0.1, 0.15) is 16.9 Å². The number of methoxy groups -OCH3 is 1. The maximum absolute atomic E-state index is 13.4. The number of aliphatic hydroxyl groups excluding tert-OH is 4. The van der Waals surface area contributed by atoms with E-state index in [1.54, 1.807) is 30.3 Å². The quantitative estimate of drug-likeness (QED) is 0.469. The van der Waals surface area contributed by atoms with Gasteiger partial charge >= 0.3 is 0 Å². The van der Waals surface area contributed by atoms with Gasteiger partial charge in [0, 0.05) is 35.6 Å². The van der Waals surface area contributed by atoms with Gasteiger partial charge in [0.1, 0.15) is 41.6 Å². The third-order valence-corrected chi connectivity index (χ3v) is 5.97. The maximum atomic E-state index is 13.4. The Labute approximate surface area is 182 Å². The topological polar surface area (TPSA) is 113 Å². The van der Waals surface area contributed by atoms with E-state index in [2.05, 4.69) is 0 Å². The van der Waals surface area contributed by atoms with Crippen LogP contribution in [-0.2, 0) is 21.7 Å². The summed E-state index contributed by atoms with van der Waals surface area (Å²) in [7, 11) is 1.28. The summed E-state index contributed by atoms with van der Waals surface area (Å²) in [5.74, 6) is -1.71. The smallest absolute Gasteiger partial charge is 0.224 e. The van der Waals surface area contributed by atoms with Crippen LogP contribution in [0.2, 0.25) is 5.02 Å². The molecule has 0 aliphatic carbocycles. The van der Waals surface area contributed by atoms with Gasteiger partial charge in [-0.15, -0.1) is 0 Å². The Morgan fingerprint density at radius 2 is 1.87 bits per heavy atom. The Balaban J connectivity index is 1.71. The summed E-state index contributed by atoms with van der Waals surface area (Å²) in [4.78, 5) is 0. The standard InChI is InChI=1S/C22H22ClFO7/c1-29-22(21(28)20(27)19(26)18(10-25)31-22)13-3-5-16(23)12(6-13)8-15-7-11-2-4-14(24)9-17(11)30-15/h2-7,9,18-21,25-28H,8,10H2,1H3/t18?,19-,20?,21-,22+/m1/s1. The first kappa shape index (κ1) is 22.2. The highest BCUT2D eigenvalue weighted by Crippen LogP contribution is 2.40. The number of hydrogen-bond acceptors (Lipinski definition) is 7. The molecule has 1 saturated heterocycles. The van der Waals surface area contributed by atoms with Crippen LogP contribution in [0, 0.1) is 5.82 Å². The van der Waals surface area contributed by atoms with Gasteiger partial charge in [0.05, 0.1) is 6.61 Å². The minimum atomic E-state index is -1.84. The molecule has 2 heterocycles. The van der Waals surface area contributed by atoms with E-state index in [0.29, 0.717) is 27.5 Å². The van der Waals surface area contributed by atoms with Gasteiger partial charge in [0.2, 0.25) is 5.79 Å². The zero-order chi connectivity index (χ0) is 22.3. The lowest BCUT2D eigenvalue weighted by Crippen LogP contribution is -2.64. The van der Waals surface area contributed by atoms with E-state index in [4.69, 9.17) is 25.5 Å². The van der Waals surface area contributed by atoms with Crippen LogP contribution in [0.4, 0.5) is 4.39 Å². The van der Waals surface area contributed by atoms with Crippen molar-refractivity contribution < 1.29 is 38.7 Å². The number of fused-ring (bicyclic) bond motifs is 1. The van der Waals surface area contributed by atoms with Gasteiger partial charge in [-0.1, -0.05) is 17.7 Å². The van der Waals surface area contributed by atoms with E-state index >= 15 is 0 Å². The Kier molecular flexibility index (Phi) is 6.06. The van der Waals surface area contributed by atoms with Crippen molar-refractivity contribution >= 4 is 22.6 Å². The Bertz CT molecular complexity index is 1080. The van der Waals surface area contributed by atoms with Crippen LogP contribution in [0.3, 0.4) is 0 Å². The van der Waals surface area contributed by atoms with E-state index in [0.717, 1.165) is 5.39 Å². The molecule has 0 bridgehead atoms. The zero-order valence-electron chi connectivity index (χ0n) is 16.5. The highest BCUT2D eigenvalue weighted by atomic mass is 35.5. The molecule has 166 valence electrons. The van der Waals surface area contributed by atoms with Crippen molar-refractivity contribution in [1.29, 1.82) is 0 Å². The SMILES string of the molecule is CO[C@@]1(c2ccc(Cl)c(Cc3cc4ccc(F)cc4o3)c2)OC(CO)[C@@H](O)C(O)[C@H]1O. The molecule has 1 aromatic heterocycles. The molecule has 2 unspecified atom stereocenters. The highest BCUT2D eigenvalue weighted by molar-refractivity contribution is 6.31. The number of furan rings is 1. The van der Waals surface area contributed by atoms with Crippen molar-refractivity contribution in [1.82, 2.24) is 0 Å². The maximum Gasteiger partial charge on any atom is 0.224 e. The van der Waals surface area contributed by atoms with Crippen molar-refractivity contribution in [3.8, 4) is 0 Å². The molecule has 0 saturated carbocycles. The predicted octanol–water partition coefficient (Wildman–Crippen LogP) is 2.09. The van der Waals surface area contributed by atoms with Gasteiger partial charge in [0.25, 0.3) is 0 Å². The van der Waals surface area contributed by atoms with E-state index in [-0.39, 0.29) is 6.42 Å². The fourth-order valence-electron chi connectivity index (χ4n) is 3.93. The first-order chi connectivity index (χ1) is 14.8. The summed E-state index contributed by atoms with van der Waals surface area (Å²) in [6.07, 6.45) is -5.67. The van der Waals surface area contributed by atoms with Gasteiger partial charge in [-0.2, -0.15) is 0 Å². The minimum absolute atomic E-state index is 0.257. The van der Waals surface area contributed by atoms with Crippen LogP contribution in [-0.4, -0.2) is 58.6 Å². The van der Waals surface area contributed by atoms with E-state index in [1.807, 2.05) is 0 Å². The summed E-state index contributed by atoms with van der Waals surface area (Å²) >= 11 is 6.37. The van der Waals surface area contributed by atoms with Crippen molar-refractivity contribution in [2.45, 2.75) is 36.6 Å². The van der Waals surface area contributed by atoms with E-state index in [9.17, 15) is 24.8 Å². The third kappa shape index (κ3) is 3.85. The summed E-state index contributed by atoms with van der Waals surface area (Å²) in [5, 5.41) is 41.7. The number of aliphatic hydroxyl groups is 4. The van der Waals surface area contributed by atoms with Crippen LogP contribution in [0.15, 0.2) is 46.9 Å². The molecule has 1 aliphatic heterocycles. The van der Waals surface area contributed by atoms with Gasteiger partial charge in [-0.05, 0) is 35.9 Å². The molecular weight excluding hydrogens is 431 g/mol. The minimum Gasteiger partial charge on any atom is -0.461 e. The Morgan fingerprint density at radius 3 is 2.58 bits per heavy atom. The van der Waals surface area contributed by atoms with E-state index < -0.39 is 42.6 Å². The van der Waals surface area contributed by atoms with Gasteiger partial charge in [-0.3, -0.25) is 0 Å². The average molecular weight is 453 g/mol. The fourth-order valence-corrected chi connectivity index (χ4v) is 4.11. The average Bonchev–Trinajstić information content (AvgIpc) is 3.16. The number of hydrogen-bond donors (Lipinski definition) is 4. The van der Waals surface area contributed by atoms with Gasteiger partial charge < -0.3 is 34.3 Å². The van der Waals surface area contributed by atoms with Crippen molar-refractivity contribution in [3.63, 3.8) is 0 Å². The van der Waals surface area contributed by atoms with Crippen LogP contribution in [0.25, 0.3) is 11.0 Å². The van der Waals surface area contributed by atoms with Crippen LogP contribution < -0.4 is 0 Å². The molecule has 2 aromatic carbocycles. The molecule has 7 nitrogen and oxygen atoms in total. The Hall–Kier alpha value is -2.04. The lowest BCUT2D eigenvalue weighted by atomic mass is 9.87. The number of rotatable bonds is 5. The largest absolute Gasteiger partial charge is 0.461 e. The number of halogens is 2. The molecule has 4 N–H and O–H groups in total. The van der Waals surface area contributed by atoms with Crippen molar-refractivity contribution in [2.75, 3.05) is 13.7 Å². The highest BCUT2D eigenvalue weighted by Gasteiger charge is 2.55. The molecule has 0 radical (unpaired) electrons. The van der Waals surface area contributed by atoms with Crippen molar-refractivity contribution in [2.24, 2.45) is 0 Å². The summed E-state index contributed by atoms with van der Waals surface area (Å²) in [6.45, 7) is -0.591. The molecule has 0 spiro atoms. The molecular formula is C22H22ClFO7. The monoisotopic (exact) mass is 452 g/mol. The lowest BCUT2D eigenvalue weighted by molar-refractivity contribution is -0.366. The zero-order valence-corrected chi connectivity index (χ0v) is 17.3. The van der Waals surface area contributed by atoms with Crippen LogP contribution >= 0.6 is 11.6 Å². The molecule has 31 heavy (non-hydrogen) atoms. The first-order valence-corrected chi connectivity index (χ1v) is 10.0. The number of benzene rings is 2. The Morgan fingerprint density at radius 1 is 1.10 bits per heavy atom. The molecule has 5 atom stereocenters. The van der Waals surface area contributed by atoms with Crippen LogP contribution in [0.5, 0.6) is 0 Å². The van der Waals surface area contributed by atoms with Gasteiger partial charge in [0.15, 0.2) is 0 Å². The molecule has 4 rings (SSSR count). The number of ether oxygens (including phenoxy) is 2. The van der Waals surface area contributed by atoms with Crippen molar-refractivity contribution in [3.05, 3.63) is 70.2 Å². The molecule has 1 fully saturated rings. The molecule has 9 heteroatoms. The summed E-state index contributed by atoms with van der Waals surface area (Å²) in [5.41, 5.74) is 1.34.